The Labute approximate surface area is 132 Å². The highest BCUT2D eigenvalue weighted by atomic mass is 16.5. The molecule has 0 bridgehead atoms. The van der Waals surface area contributed by atoms with E-state index in [4.69, 9.17) is 4.74 Å². The van der Waals surface area contributed by atoms with Gasteiger partial charge in [-0.25, -0.2) is 0 Å². The lowest BCUT2D eigenvalue weighted by Gasteiger charge is -2.41. The SMILES string of the molecule is CCc1ccccc1OC1CN(C(=O)C2CCC(O)CC2)C1. The monoisotopic (exact) mass is 303 g/mol. The lowest BCUT2D eigenvalue weighted by atomic mass is 9.86. The molecule has 3 rings (SSSR count). The number of carbonyl (C=O) groups excluding carboxylic acids is 1. The van der Waals surface area contributed by atoms with Gasteiger partial charge in [-0.3, -0.25) is 4.79 Å². The van der Waals surface area contributed by atoms with Crippen LogP contribution < -0.4 is 4.74 Å². The van der Waals surface area contributed by atoms with E-state index in [-0.39, 0.29) is 24.0 Å². The van der Waals surface area contributed by atoms with Crippen molar-refractivity contribution in [3.8, 4) is 5.75 Å². The topological polar surface area (TPSA) is 49.8 Å². The summed E-state index contributed by atoms with van der Waals surface area (Å²) in [6.45, 7) is 3.50. The van der Waals surface area contributed by atoms with Crippen molar-refractivity contribution in [1.29, 1.82) is 0 Å². The van der Waals surface area contributed by atoms with E-state index in [1.165, 1.54) is 5.56 Å². The third-order valence-electron chi connectivity index (χ3n) is 4.85. The second-order valence-electron chi connectivity index (χ2n) is 6.45. The van der Waals surface area contributed by atoms with Crippen LogP contribution >= 0.6 is 0 Å². The molecule has 1 N–H and O–H groups in total. The summed E-state index contributed by atoms with van der Waals surface area (Å²) in [5.41, 5.74) is 1.22. The number of ether oxygens (including phenoxy) is 1. The Morgan fingerprint density at radius 2 is 1.91 bits per heavy atom. The van der Waals surface area contributed by atoms with Crippen molar-refractivity contribution in [3.05, 3.63) is 29.8 Å². The van der Waals surface area contributed by atoms with Crippen LogP contribution in [0, 0.1) is 5.92 Å². The molecule has 1 amide bonds. The summed E-state index contributed by atoms with van der Waals surface area (Å²) in [6.07, 6.45) is 4.02. The minimum Gasteiger partial charge on any atom is -0.486 e. The number of likely N-dealkylation sites (tertiary alicyclic amines) is 1. The number of hydrogen-bond acceptors (Lipinski definition) is 3. The molecule has 1 saturated heterocycles. The van der Waals surface area contributed by atoms with Gasteiger partial charge in [-0.05, 0) is 43.7 Å². The first-order valence-electron chi connectivity index (χ1n) is 8.38. The van der Waals surface area contributed by atoms with E-state index in [0.717, 1.165) is 37.9 Å². The summed E-state index contributed by atoms with van der Waals surface area (Å²) in [5.74, 6) is 1.30. The minimum absolute atomic E-state index is 0.104. The highest BCUT2D eigenvalue weighted by Gasteiger charge is 2.37. The molecule has 0 radical (unpaired) electrons. The molecule has 1 saturated carbocycles. The largest absolute Gasteiger partial charge is 0.486 e. The van der Waals surface area contributed by atoms with Gasteiger partial charge in [0.1, 0.15) is 11.9 Å². The Bertz CT molecular complexity index is 517. The van der Waals surface area contributed by atoms with Crippen LogP contribution in [0.5, 0.6) is 5.75 Å². The lowest BCUT2D eigenvalue weighted by Crippen LogP contribution is -2.58. The van der Waals surface area contributed by atoms with Crippen LogP contribution in [0.15, 0.2) is 24.3 Å². The predicted molar refractivity (Wildman–Crippen MR) is 84.8 cm³/mol. The zero-order valence-corrected chi connectivity index (χ0v) is 13.2. The number of nitrogens with zero attached hydrogens (tertiary/aromatic N) is 1. The summed E-state index contributed by atoms with van der Waals surface area (Å²) >= 11 is 0. The van der Waals surface area contributed by atoms with Gasteiger partial charge >= 0.3 is 0 Å². The first-order valence-corrected chi connectivity index (χ1v) is 8.38. The number of amides is 1. The molecule has 1 heterocycles. The Morgan fingerprint density at radius 3 is 2.59 bits per heavy atom. The maximum absolute atomic E-state index is 12.4. The Kier molecular flexibility index (Phi) is 4.67. The van der Waals surface area contributed by atoms with Crippen molar-refractivity contribution in [2.24, 2.45) is 5.92 Å². The number of benzene rings is 1. The number of hydrogen-bond donors (Lipinski definition) is 1. The lowest BCUT2D eigenvalue weighted by molar-refractivity contribution is -0.146. The molecule has 0 atom stereocenters. The number of aliphatic hydroxyl groups is 1. The van der Waals surface area contributed by atoms with Crippen LogP contribution in [0.3, 0.4) is 0 Å². The van der Waals surface area contributed by atoms with E-state index >= 15 is 0 Å². The number of aliphatic hydroxyl groups excluding tert-OH is 1. The van der Waals surface area contributed by atoms with Gasteiger partial charge in [0.25, 0.3) is 0 Å². The molecule has 2 fully saturated rings. The van der Waals surface area contributed by atoms with Crippen LogP contribution in [0.1, 0.15) is 38.2 Å². The third kappa shape index (κ3) is 3.27. The van der Waals surface area contributed by atoms with E-state index in [1.54, 1.807) is 0 Å². The molecular formula is C18H25NO3. The van der Waals surface area contributed by atoms with Gasteiger partial charge < -0.3 is 14.7 Å². The van der Waals surface area contributed by atoms with E-state index in [0.29, 0.717) is 13.1 Å². The molecule has 22 heavy (non-hydrogen) atoms. The average molecular weight is 303 g/mol. The van der Waals surface area contributed by atoms with Crippen LogP contribution in [-0.2, 0) is 11.2 Å². The second-order valence-corrected chi connectivity index (χ2v) is 6.45. The summed E-state index contributed by atoms with van der Waals surface area (Å²) in [6, 6.07) is 8.11. The van der Waals surface area contributed by atoms with Gasteiger partial charge in [0.2, 0.25) is 5.91 Å². The molecule has 0 spiro atoms. The third-order valence-corrected chi connectivity index (χ3v) is 4.85. The van der Waals surface area contributed by atoms with Gasteiger partial charge in [0, 0.05) is 5.92 Å². The zero-order chi connectivity index (χ0) is 15.5. The molecule has 0 unspecified atom stereocenters. The first-order chi connectivity index (χ1) is 10.7. The van der Waals surface area contributed by atoms with Gasteiger partial charge in [0.05, 0.1) is 19.2 Å². The van der Waals surface area contributed by atoms with E-state index in [2.05, 4.69) is 13.0 Å². The van der Waals surface area contributed by atoms with Crippen molar-refractivity contribution in [1.82, 2.24) is 4.90 Å². The fourth-order valence-electron chi connectivity index (χ4n) is 3.36. The molecular weight excluding hydrogens is 278 g/mol. The van der Waals surface area contributed by atoms with E-state index < -0.39 is 0 Å². The highest BCUT2D eigenvalue weighted by Crippen LogP contribution is 2.29. The van der Waals surface area contributed by atoms with Crippen LogP contribution in [0.2, 0.25) is 0 Å². The molecule has 0 aromatic heterocycles. The quantitative estimate of drug-likeness (QED) is 0.929. The number of aryl methyl sites for hydroxylation is 1. The molecule has 2 aliphatic rings. The molecule has 1 aromatic carbocycles. The van der Waals surface area contributed by atoms with Crippen molar-refractivity contribution in [2.45, 2.75) is 51.2 Å². The average Bonchev–Trinajstić information content (AvgIpc) is 2.51. The van der Waals surface area contributed by atoms with Crippen molar-refractivity contribution in [3.63, 3.8) is 0 Å². The molecule has 4 nitrogen and oxygen atoms in total. The Morgan fingerprint density at radius 1 is 1.23 bits per heavy atom. The van der Waals surface area contributed by atoms with Crippen LogP contribution in [0.4, 0.5) is 0 Å². The summed E-state index contributed by atoms with van der Waals surface area (Å²) in [7, 11) is 0. The van der Waals surface area contributed by atoms with Crippen LogP contribution in [0.25, 0.3) is 0 Å². The summed E-state index contributed by atoms with van der Waals surface area (Å²) < 4.78 is 6.02. The predicted octanol–water partition coefficient (Wildman–Crippen LogP) is 2.39. The smallest absolute Gasteiger partial charge is 0.225 e. The number of carbonyl (C=O) groups is 1. The van der Waals surface area contributed by atoms with E-state index in [9.17, 15) is 9.90 Å². The molecule has 1 aromatic rings. The molecule has 120 valence electrons. The Hall–Kier alpha value is -1.55. The minimum atomic E-state index is -0.206. The zero-order valence-electron chi connectivity index (χ0n) is 13.2. The highest BCUT2D eigenvalue weighted by molar-refractivity contribution is 5.79. The van der Waals surface area contributed by atoms with Crippen molar-refractivity contribution < 1.29 is 14.6 Å². The Balaban J connectivity index is 1.48. The van der Waals surface area contributed by atoms with Crippen LogP contribution in [-0.4, -0.2) is 41.2 Å². The maximum Gasteiger partial charge on any atom is 0.225 e. The van der Waals surface area contributed by atoms with Gasteiger partial charge in [-0.15, -0.1) is 0 Å². The molecule has 1 aliphatic carbocycles. The molecule has 4 heteroatoms. The number of rotatable bonds is 4. The van der Waals surface area contributed by atoms with Crippen molar-refractivity contribution in [2.75, 3.05) is 13.1 Å². The normalized spacial score (nSPS) is 25.6. The molecule has 1 aliphatic heterocycles. The maximum atomic E-state index is 12.4. The van der Waals surface area contributed by atoms with Gasteiger partial charge in [0.15, 0.2) is 0 Å². The fourth-order valence-corrected chi connectivity index (χ4v) is 3.36. The standard InChI is InChI=1S/C18H25NO3/c1-2-13-5-3-4-6-17(13)22-16-11-19(12-16)18(21)14-7-9-15(20)10-8-14/h3-6,14-16,20H,2,7-12H2,1H3. The van der Waals surface area contributed by atoms with Gasteiger partial charge in [-0.1, -0.05) is 25.1 Å². The fraction of sp³-hybridized carbons (Fsp3) is 0.611. The number of para-hydroxylation sites is 1. The second kappa shape index (κ2) is 6.69. The van der Waals surface area contributed by atoms with E-state index in [1.807, 2.05) is 23.1 Å². The summed E-state index contributed by atoms with van der Waals surface area (Å²) in [5, 5.41) is 9.53. The summed E-state index contributed by atoms with van der Waals surface area (Å²) in [4.78, 5) is 14.3. The first kappa shape index (κ1) is 15.3. The van der Waals surface area contributed by atoms with Crippen molar-refractivity contribution >= 4 is 5.91 Å². The van der Waals surface area contributed by atoms with Gasteiger partial charge in [-0.2, -0.15) is 0 Å².